The van der Waals surface area contributed by atoms with Crippen LogP contribution in [-0.2, 0) is 0 Å². The van der Waals surface area contributed by atoms with Gasteiger partial charge >= 0.3 is 0 Å². The molecule has 0 aliphatic carbocycles. The van der Waals surface area contributed by atoms with E-state index in [2.05, 4.69) is 19.2 Å². The zero-order valence-corrected chi connectivity index (χ0v) is 7.50. The Morgan fingerprint density at radius 3 is 2.50 bits per heavy atom. The molecule has 0 fully saturated rings. The minimum atomic E-state index is 0.417. The molecule has 0 spiro atoms. The van der Waals surface area contributed by atoms with Crippen LogP contribution in [0.5, 0.6) is 0 Å². The number of rotatable bonds is 4. The van der Waals surface area contributed by atoms with Gasteiger partial charge in [-0.2, -0.15) is 0 Å². The summed E-state index contributed by atoms with van der Waals surface area (Å²) >= 11 is 4.72. The Morgan fingerprint density at radius 1 is 1.60 bits per heavy atom. The number of thiocarbonyl (C=S) groups is 1. The molecular formula is C7H16N2S. The molecule has 0 heterocycles. The van der Waals surface area contributed by atoms with Crippen LogP contribution in [0.4, 0.5) is 0 Å². The molecule has 0 aromatic carbocycles. The Balaban J connectivity index is 3.49. The van der Waals surface area contributed by atoms with Crippen LogP contribution in [0, 0.1) is 0 Å². The molecule has 2 nitrogen and oxygen atoms in total. The van der Waals surface area contributed by atoms with E-state index in [0.29, 0.717) is 11.2 Å². The summed E-state index contributed by atoms with van der Waals surface area (Å²) in [5, 5.41) is 3.46. The van der Waals surface area contributed by atoms with Gasteiger partial charge in [-0.3, -0.25) is 0 Å². The lowest BCUT2D eigenvalue weighted by Gasteiger charge is -2.15. The normalized spacial score (nSPS) is 12.6. The number of hydrogen-bond acceptors (Lipinski definition) is 1. The second-order valence-electron chi connectivity index (χ2n) is 2.40. The summed E-state index contributed by atoms with van der Waals surface area (Å²) in [5.74, 6) is 0. The molecule has 3 N–H and O–H groups in total. The third-order valence-electron chi connectivity index (χ3n) is 1.48. The molecule has 10 heavy (non-hydrogen) atoms. The van der Waals surface area contributed by atoms with Crippen molar-refractivity contribution in [2.45, 2.75) is 39.2 Å². The van der Waals surface area contributed by atoms with Crippen LogP contribution in [0.1, 0.15) is 33.1 Å². The molecule has 0 saturated carbocycles. The Labute approximate surface area is 68.2 Å². The van der Waals surface area contributed by atoms with Gasteiger partial charge in [-0.25, -0.2) is 0 Å². The average Bonchev–Trinajstić information content (AvgIpc) is 1.86. The van der Waals surface area contributed by atoms with Gasteiger partial charge in [0.1, 0.15) is 0 Å². The first-order chi connectivity index (χ1) is 4.70. The predicted octanol–water partition coefficient (Wildman–Crippen LogP) is 1.40. The lowest BCUT2D eigenvalue weighted by atomic mass is 10.1. The van der Waals surface area contributed by atoms with Crippen LogP contribution >= 0.6 is 12.2 Å². The summed E-state index contributed by atoms with van der Waals surface area (Å²) in [7, 11) is 0. The van der Waals surface area contributed by atoms with Gasteiger partial charge in [0, 0.05) is 6.04 Å². The third-order valence-corrected chi connectivity index (χ3v) is 1.59. The van der Waals surface area contributed by atoms with Gasteiger partial charge in [0.2, 0.25) is 0 Å². The molecule has 0 aromatic rings. The molecule has 1 atom stereocenters. The van der Waals surface area contributed by atoms with E-state index in [0.717, 1.165) is 12.8 Å². The molecule has 0 aliphatic rings. The first-order valence-electron chi connectivity index (χ1n) is 3.76. The number of nitrogens with one attached hydrogen (secondary N) is 1. The standard InChI is InChI=1S/C7H16N2S/c1-3-5-6(4-2)9-7(8)10/h6H,3-5H2,1-2H3,(H3,8,9,10). The van der Waals surface area contributed by atoms with Gasteiger partial charge < -0.3 is 11.1 Å². The van der Waals surface area contributed by atoms with E-state index in [1.807, 2.05) is 0 Å². The topological polar surface area (TPSA) is 38.0 Å². The highest BCUT2D eigenvalue weighted by atomic mass is 32.1. The maximum absolute atomic E-state index is 5.32. The third kappa shape index (κ3) is 4.56. The SMILES string of the molecule is CCCC(CC)NC(N)=S. The first kappa shape index (κ1) is 9.69. The van der Waals surface area contributed by atoms with Crippen LogP contribution in [0.25, 0.3) is 0 Å². The van der Waals surface area contributed by atoms with Gasteiger partial charge in [-0.05, 0) is 25.1 Å². The minimum absolute atomic E-state index is 0.417. The molecule has 0 rings (SSSR count). The van der Waals surface area contributed by atoms with Crippen molar-refractivity contribution in [2.75, 3.05) is 0 Å². The molecule has 0 radical (unpaired) electrons. The summed E-state index contributed by atoms with van der Waals surface area (Å²) in [6.45, 7) is 4.29. The Morgan fingerprint density at radius 2 is 2.20 bits per heavy atom. The molecule has 0 bridgehead atoms. The molecule has 3 heteroatoms. The highest BCUT2D eigenvalue weighted by Crippen LogP contribution is 1.99. The fourth-order valence-electron chi connectivity index (χ4n) is 0.928. The highest BCUT2D eigenvalue weighted by Gasteiger charge is 2.02. The van der Waals surface area contributed by atoms with Crippen molar-refractivity contribution in [3.05, 3.63) is 0 Å². The van der Waals surface area contributed by atoms with Crippen molar-refractivity contribution in [2.24, 2.45) is 5.73 Å². The van der Waals surface area contributed by atoms with Crippen molar-refractivity contribution >= 4 is 17.3 Å². The summed E-state index contributed by atoms with van der Waals surface area (Å²) in [5.41, 5.74) is 5.32. The van der Waals surface area contributed by atoms with Crippen molar-refractivity contribution in [3.8, 4) is 0 Å². The van der Waals surface area contributed by atoms with E-state index in [-0.39, 0.29) is 0 Å². The molecule has 0 aromatic heterocycles. The maximum atomic E-state index is 5.32. The van der Waals surface area contributed by atoms with Crippen LogP contribution in [0.3, 0.4) is 0 Å². The van der Waals surface area contributed by atoms with Gasteiger partial charge in [-0.15, -0.1) is 0 Å². The van der Waals surface area contributed by atoms with E-state index in [1.54, 1.807) is 0 Å². The van der Waals surface area contributed by atoms with E-state index in [4.69, 9.17) is 18.0 Å². The maximum Gasteiger partial charge on any atom is 0.163 e. The minimum Gasteiger partial charge on any atom is -0.376 e. The Bertz CT molecular complexity index is 104. The molecule has 0 amide bonds. The van der Waals surface area contributed by atoms with Crippen LogP contribution < -0.4 is 11.1 Å². The van der Waals surface area contributed by atoms with Gasteiger partial charge in [0.05, 0.1) is 0 Å². The van der Waals surface area contributed by atoms with Gasteiger partial charge in [0.25, 0.3) is 0 Å². The number of hydrogen-bond donors (Lipinski definition) is 2. The predicted molar refractivity (Wildman–Crippen MR) is 48.9 cm³/mol. The van der Waals surface area contributed by atoms with Crippen LogP contribution in [-0.4, -0.2) is 11.2 Å². The second kappa shape index (κ2) is 5.47. The van der Waals surface area contributed by atoms with Crippen LogP contribution in [0.2, 0.25) is 0 Å². The first-order valence-corrected chi connectivity index (χ1v) is 4.17. The Hall–Kier alpha value is -0.310. The molecule has 0 aliphatic heterocycles. The van der Waals surface area contributed by atoms with Crippen molar-refractivity contribution < 1.29 is 0 Å². The van der Waals surface area contributed by atoms with E-state index >= 15 is 0 Å². The van der Waals surface area contributed by atoms with Crippen molar-refractivity contribution in [3.63, 3.8) is 0 Å². The summed E-state index contributed by atoms with van der Waals surface area (Å²) in [6.07, 6.45) is 3.41. The Kier molecular flexibility index (Phi) is 5.30. The van der Waals surface area contributed by atoms with Crippen molar-refractivity contribution in [1.82, 2.24) is 5.32 Å². The lowest BCUT2D eigenvalue weighted by Crippen LogP contribution is -2.37. The van der Waals surface area contributed by atoms with E-state index in [9.17, 15) is 0 Å². The summed E-state index contributed by atoms with van der Waals surface area (Å²) < 4.78 is 0. The lowest BCUT2D eigenvalue weighted by molar-refractivity contribution is 0.538. The second-order valence-corrected chi connectivity index (χ2v) is 2.84. The van der Waals surface area contributed by atoms with Gasteiger partial charge in [0.15, 0.2) is 5.11 Å². The molecular weight excluding hydrogens is 144 g/mol. The molecule has 60 valence electrons. The highest BCUT2D eigenvalue weighted by molar-refractivity contribution is 7.80. The zero-order chi connectivity index (χ0) is 7.98. The summed E-state index contributed by atoms with van der Waals surface area (Å²) in [4.78, 5) is 0. The largest absolute Gasteiger partial charge is 0.376 e. The summed E-state index contributed by atoms with van der Waals surface area (Å²) in [6, 6.07) is 0.475. The number of nitrogens with two attached hydrogens (primary N) is 1. The monoisotopic (exact) mass is 160 g/mol. The smallest absolute Gasteiger partial charge is 0.163 e. The van der Waals surface area contributed by atoms with Gasteiger partial charge in [-0.1, -0.05) is 20.3 Å². The fraction of sp³-hybridized carbons (Fsp3) is 0.857. The quantitative estimate of drug-likeness (QED) is 0.610. The average molecular weight is 160 g/mol. The zero-order valence-electron chi connectivity index (χ0n) is 6.68. The van der Waals surface area contributed by atoms with Crippen molar-refractivity contribution in [1.29, 1.82) is 0 Å². The molecule has 0 saturated heterocycles. The fourth-order valence-corrected chi connectivity index (χ4v) is 1.09. The molecule has 1 unspecified atom stereocenters. The van der Waals surface area contributed by atoms with E-state index < -0.39 is 0 Å². The van der Waals surface area contributed by atoms with E-state index in [1.165, 1.54) is 6.42 Å². The van der Waals surface area contributed by atoms with Crippen LogP contribution in [0.15, 0.2) is 0 Å².